The van der Waals surface area contributed by atoms with Crippen LogP contribution in [-0.4, -0.2) is 45.6 Å². The smallest absolute Gasteiger partial charge is 0.175 e. The molecule has 4 rings (SSSR count). The lowest BCUT2D eigenvalue weighted by Crippen LogP contribution is -2.14. The van der Waals surface area contributed by atoms with Crippen molar-refractivity contribution >= 4 is 27.4 Å². The first-order valence-electron chi connectivity index (χ1n) is 10.3. The normalized spacial score (nSPS) is 17.9. The summed E-state index contributed by atoms with van der Waals surface area (Å²) in [5.74, 6) is 0.688. The second-order valence-electron chi connectivity index (χ2n) is 8.27. The van der Waals surface area contributed by atoms with Crippen LogP contribution in [0, 0.1) is 20.8 Å². The summed E-state index contributed by atoms with van der Waals surface area (Å²) in [7, 11) is -1.02. The molecule has 1 unspecified atom stereocenters. The van der Waals surface area contributed by atoms with Crippen molar-refractivity contribution in [2.24, 2.45) is 7.05 Å². The molecule has 0 bridgehead atoms. The van der Waals surface area contributed by atoms with E-state index in [2.05, 4.69) is 36.2 Å². The van der Waals surface area contributed by atoms with E-state index in [1.807, 2.05) is 42.3 Å². The number of Topliss-reactive ketones (excluding diaryl/α,β-unsaturated/α-hetero) is 1. The van der Waals surface area contributed by atoms with Crippen molar-refractivity contribution in [1.29, 1.82) is 0 Å². The Hall–Kier alpha value is -2.32. The molecule has 2 aromatic heterocycles. The molecule has 0 N–H and O–H groups in total. The minimum absolute atomic E-state index is 0.0325. The lowest BCUT2D eigenvalue weighted by atomic mass is 10.1. The molecular weight excluding hydrogens is 430 g/mol. The number of aromatic nitrogens is 3. The van der Waals surface area contributed by atoms with Crippen LogP contribution in [0.4, 0.5) is 0 Å². The summed E-state index contributed by atoms with van der Waals surface area (Å²) in [6.07, 6.45) is 2.44. The quantitative estimate of drug-likeness (QED) is 0.411. The molecule has 164 valence electrons. The highest BCUT2D eigenvalue weighted by Gasteiger charge is 2.31. The second kappa shape index (κ2) is 8.31. The average Bonchev–Trinajstić information content (AvgIpc) is 3.35. The number of carbonyl (C=O) groups excluding carboxylic acids is 1. The van der Waals surface area contributed by atoms with Crippen molar-refractivity contribution in [2.75, 3.05) is 17.3 Å². The van der Waals surface area contributed by atoms with Gasteiger partial charge in [-0.25, -0.2) is 13.4 Å². The Labute approximate surface area is 187 Å². The zero-order valence-electron chi connectivity index (χ0n) is 18.3. The van der Waals surface area contributed by atoms with E-state index in [0.717, 1.165) is 27.8 Å². The zero-order valence-corrected chi connectivity index (χ0v) is 19.9. The van der Waals surface area contributed by atoms with Gasteiger partial charge in [-0.2, -0.15) is 0 Å². The highest BCUT2D eigenvalue weighted by Crippen LogP contribution is 2.30. The molecule has 1 saturated heterocycles. The third-order valence-corrected chi connectivity index (χ3v) is 8.78. The third kappa shape index (κ3) is 4.36. The Morgan fingerprint density at radius 3 is 2.55 bits per heavy atom. The Kier molecular flexibility index (Phi) is 5.87. The Morgan fingerprint density at radius 2 is 1.90 bits per heavy atom. The summed E-state index contributed by atoms with van der Waals surface area (Å²) in [6.45, 7) is 5.91. The van der Waals surface area contributed by atoms with Crippen LogP contribution >= 0.6 is 11.8 Å². The van der Waals surface area contributed by atoms with Gasteiger partial charge in [-0.3, -0.25) is 4.79 Å². The van der Waals surface area contributed by atoms with Crippen LogP contribution in [-0.2, 0) is 16.9 Å². The fraction of sp³-hybridized carbons (Fsp3) is 0.391. The van der Waals surface area contributed by atoms with Crippen LogP contribution < -0.4 is 0 Å². The molecule has 3 aromatic rings. The van der Waals surface area contributed by atoms with Gasteiger partial charge in [-0.1, -0.05) is 41.6 Å². The molecule has 6 nitrogen and oxygen atoms in total. The summed E-state index contributed by atoms with van der Waals surface area (Å²) < 4.78 is 27.8. The van der Waals surface area contributed by atoms with Crippen molar-refractivity contribution in [3.05, 3.63) is 59.0 Å². The summed E-state index contributed by atoms with van der Waals surface area (Å²) >= 11 is 1.42. The molecule has 3 heterocycles. The number of sulfone groups is 1. The summed E-state index contributed by atoms with van der Waals surface area (Å²) in [4.78, 5) is 17.5. The van der Waals surface area contributed by atoms with Crippen LogP contribution in [0.1, 0.15) is 39.8 Å². The summed E-state index contributed by atoms with van der Waals surface area (Å²) in [5, 5.41) is 0.791. The SMILES string of the molecule is Cc1ccc(-c2cnc(SCC(=O)c3cc(C)n(C4CCS(=O)(=O)C4)c3C)n2C)cc1. The topological polar surface area (TPSA) is 74.0 Å². The molecular formula is C23H27N3O3S2. The Balaban J connectivity index is 1.49. The molecule has 0 radical (unpaired) electrons. The van der Waals surface area contributed by atoms with Gasteiger partial charge in [0.25, 0.3) is 0 Å². The predicted molar refractivity (Wildman–Crippen MR) is 125 cm³/mol. The summed E-state index contributed by atoms with van der Waals surface area (Å²) in [6, 6.07) is 10.1. The van der Waals surface area contributed by atoms with E-state index in [-0.39, 0.29) is 29.1 Å². The molecule has 8 heteroatoms. The van der Waals surface area contributed by atoms with Gasteiger partial charge in [0.2, 0.25) is 0 Å². The number of nitrogens with zero attached hydrogens (tertiary/aromatic N) is 3. The lowest BCUT2D eigenvalue weighted by molar-refractivity contribution is 0.102. The van der Waals surface area contributed by atoms with Gasteiger partial charge in [0.05, 0.1) is 29.1 Å². The maximum Gasteiger partial charge on any atom is 0.175 e. The van der Waals surface area contributed by atoms with Crippen LogP contribution in [0.25, 0.3) is 11.3 Å². The first-order chi connectivity index (χ1) is 14.7. The van der Waals surface area contributed by atoms with Crippen LogP contribution in [0.3, 0.4) is 0 Å². The maximum absolute atomic E-state index is 13.0. The molecule has 0 spiro atoms. The van der Waals surface area contributed by atoms with Crippen molar-refractivity contribution in [2.45, 2.75) is 38.4 Å². The van der Waals surface area contributed by atoms with Gasteiger partial charge in [-0.15, -0.1) is 0 Å². The maximum atomic E-state index is 13.0. The van der Waals surface area contributed by atoms with Gasteiger partial charge in [-0.05, 0) is 38.8 Å². The van der Waals surface area contributed by atoms with Crippen LogP contribution in [0.5, 0.6) is 0 Å². The molecule has 1 aliphatic rings. The Morgan fingerprint density at radius 1 is 1.19 bits per heavy atom. The van der Waals surface area contributed by atoms with Gasteiger partial charge >= 0.3 is 0 Å². The zero-order chi connectivity index (χ0) is 22.3. The highest BCUT2D eigenvalue weighted by atomic mass is 32.2. The van der Waals surface area contributed by atoms with Gasteiger partial charge in [0.1, 0.15) is 0 Å². The van der Waals surface area contributed by atoms with Crippen molar-refractivity contribution in [3.63, 3.8) is 0 Å². The fourth-order valence-corrected chi connectivity index (χ4v) is 6.86. The molecule has 1 fully saturated rings. The largest absolute Gasteiger partial charge is 0.344 e. The van der Waals surface area contributed by atoms with E-state index in [9.17, 15) is 13.2 Å². The fourth-order valence-electron chi connectivity index (χ4n) is 4.33. The van der Waals surface area contributed by atoms with Crippen molar-refractivity contribution < 1.29 is 13.2 Å². The van der Waals surface area contributed by atoms with Crippen molar-refractivity contribution in [3.8, 4) is 11.3 Å². The number of imidazole rings is 1. The standard InChI is InChI=1S/C23H27N3O3S2/c1-15-5-7-18(8-6-15)21-12-24-23(25(21)4)30-13-22(27)20-11-16(2)26(17(20)3)19-9-10-31(28,29)14-19/h5-8,11-12,19H,9-10,13-14H2,1-4H3. The van der Waals surface area contributed by atoms with Gasteiger partial charge < -0.3 is 9.13 Å². The number of rotatable bonds is 6. The van der Waals surface area contributed by atoms with E-state index >= 15 is 0 Å². The van der Waals surface area contributed by atoms with Crippen LogP contribution in [0.2, 0.25) is 0 Å². The minimum Gasteiger partial charge on any atom is -0.344 e. The van der Waals surface area contributed by atoms with E-state index in [0.29, 0.717) is 12.0 Å². The molecule has 1 aromatic carbocycles. The monoisotopic (exact) mass is 457 g/mol. The van der Waals surface area contributed by atoms with Crippen LogP contribution in [0.15, 0.2) is 41.7 Å². The number of thioether (sulfide) groups is 1. The molecule has 0 aliphatic carbocycles. The van der Waals surface area contributed by atoms with E-state index in [1.54, 1.807) is 0 Å². The molecule has 0 saturated carbocycles. The van der Waals surface area contributed by atoms with Gasteiger partial charge in [0, 0.05) is 30.0 Å². The first-order valence-corrected chi connectivity index (χ1v) is 13.1. The van der Waals surface area contributed by atoms with Crippen molar-refractivity contribution in [1.82, 2.24) is 14.1 Å². The van der Waals surface area contributed by atoms with E-state index in [1.165, 1.54) is 17.3 Å². The number of carbonyl (C=O) groups is 1. The molecule has 0 amide bonds. The lowest BCUT2D eigenvalue weighted by Gasteiger charge is -2.16. The first kappa shape index (κ1) is 21.9. The highest BCUT2D eigenvalue weighted by molar-refractivity contribution is 7.99. The van der Waals surface area contributed by atoms with E-state index in [4.69, 9.17) is 0 Å². The molecule has 31 heavy (non-hydrogen) atoms. The van der Waals surface area contributed by atoms with E-state index < -0.39 is 9.84 Å². The average molecular weight is 458 g/mol. The number of benzene rings is 1. The third-order valence-electron chi connectivity index (χ3n) is 5.98. The molecule has 1 atom stereocenters. The Bertz CT molecular complexity index is 1240. The van der Waals surface area contributed by atoms with Gasteiger partial charge in [0.15, 0.2) is 20.8 Å². The minimum atomic E-state index is -2.98. The number of aryl methyl sites for hydroxylation is 2. The second-order valence-corrected chi connectivity index (χ2v) is 11.4. The number of hydrogen-bond acceptors (Lipinski definition) is 5. The summed E-state index contributed by atoms with van der Waals surface area (Å²) in [5.41, 5.74) is 5.77. The molecule has 1 aliphatic heterocycles. The number of hydrogen-bond donors (Lipinski definition) is 0. The predicted octanol–water partition coefficient (Wildman–Crippen LogP) is 4.15. The number of ketones is 1.